The van der Waals surface area contributed by atoms with Crippen LogP contribution in [0, 0.1) is 10.1 Å². The molecule has 2 heterocycles. The lowest BCUT2D eigenvalue weighted by Crippen LogP contribution is -1.98. The maximum Gasteiger partial charge on any atom is 0.271 e. The molecule has 0 aliphatic carbocycles. The number of nitro benzene ring substituents is 1. The van der Waals surface area contributed by atoms with Crippen LogP contribution in [0.15, 0.2) is 54.9 Å². The zero-order valence-corrected chi connectivity index (χ0v) is 15.1. The van der Waals surface area contributed by atoms with Crippen molar-refractivity contribution < 1.29 is 4.92 Å². The van der Waals surface area contributed by atoms with Gasteiger partial charge in [0.2, 0.25) is 0 Å². The number of fused-ring (bicyclic) bond motifs is 1. The standard InChI is InChI=1S/C18H11Cl2N5O2/c19-11-6-4-10(5-7-11)14-15-17(21)22-9-23-18(15)24(16(14)20)12-2-1-3-13(8-12)25(26)27/h1-9H,(H2,21,22,23). The number of non-ortho nitro benzene ring substituents is 1. The number of rotatable bonds is 3. The van der Waals surface area contributed by atoms with E-state index in [2.05, 4.69) is 9.97 Å². The van der Waals surface area contributed by atoms with Gasteiger partial charge in [0.25, 0.3) is 5.69 Å². The van der Waals surface area contributed by atoms with E-state index in [1.807, 2.05) is 12.1 Å². The third-order valence-electron chi connectivity index (χ3n) is 4.15. The molecule has 0 saturated carbocycles. The van der Waals surface area contributed by atoms with Gasteiger partial charge in [-0.1, -0.05) is 41.4 Å². The van der Waals surface area contributed by atoms with Crippen molar-refractivity contribution >= 4 is 45.7 Å². The van der Waals surface area contributed by atoms with Gasteiger partial charge >= 0.3 is 0 Å². The zero-order chi connectivity index (χ0) is 19.1. The summed E-state index contributed by atoms with van der Waals surface area (Å²) in [4.78, 5) is 19.1. The van der Waals surface area contributed by atoms with Gasteiger partial charge in [-0.15, -0.1) is 0 Å². The van der Waals surface area contributed by atoms with E-state index in [1.54, 1.807) is 28.8 Å². The van der Waals surface area contributed by atoms with Gasteiger partial charge in [-0.05, 0) is 23.8 Å². The second-order valence-corrected chi connectivity index (χ2v) is 6.54. The molecule has 2 aromatic heterocycles. The number of anilines is 1. The summed E-state index contributed by atoms with van der Waals surface area (Å²) in [6.07, 6.45) is 1.33. The van der Waals surface area contributed by atoms with Crippen LogP contribution in [0.1, 0.15) is 0 Å². The van der Waals surface area contributed by atoms with Crippen molar-refractivity contribution in [1.82, 2.24) is 14.5 Å². The Morgan fingerprint density at radius 2 is 1.81 bits per heavy atom. The smallest absolute Gasteiger partial charge is 0.271 e. The Balaban J connectivity index is 2.07. The first-order valence-electron chi connectivity index (χ1n) is 7.78. The average molecular weight is 400 g/mol. The number of aromatic nitrogens is 3. The fourth-order valence-electron chi connectivity index (χ4n) is 2.97. The Morgan fingerprint density at radius 3 is 2.52 bits per heavy atom. The molecule has 0 saturated heterocycles. The summed E-state index contributed by atoms with van der Waals surface area (Å²) in [5, 5.41) is 12.6. The van der Waals surface area contributed by atoms with Gasteiger partial charge in [-0.25, -0.2) is 9.97 Å². The van der Waals surface area contributed by atoms with Crippen molar-refractivity contribution in [3.8, 4) is 16.8 Å². The molecule has 4 rings (SSSR count). The molecule has 2 aromatic carbocycles. The minimum atomic E-state index is -0.466. The van der Waals surface area contributed by atoms with Crippen LogP contribution in [-0.4, -0.2) is 19.5 Å². The number of nitrogens with zero attached hydrogens (tertiary/aromatic N) is 4. The summed E-state index contributed by atoms with van der Waals surface area (Å²) in [5.41, 5.74) is 8.41. The predicted octanol–water partition coefficient (Wildman–Crippen LogP) is 4.88. The predicted molar refractivity (Wildman–Crippen MR) is 105 cm³/mol. The summed E-state index contributed by atoms with van der Waals surface area (Å²) >= 11 is 12.7. The van der Waals surface area contributed by atoms with E-state index in [9.17, 15) is 10.1 Å². The van der Waals surface area contributed by atoms with Crippen molar-refractivity contribution in [1.29, 1.82) is 0 Å². The highest BCUT2D eigenvalue weighted by Crippen LogP contribution is 2.41. The molecular weight excluding hydrogens is 389 g/mol. The Morgan fingerprint density at radius 1 is 1.07 bits per heavy atom. The van der Waals surface area contributed by atoms with E-state index in [4.69, 9.17) is 28.9 Å². The van der Waals surface area contributed by atoms with E-state index in [0.29, 0.717) is 32.5 Å². The van der Waals surface area contributed by atoms with Crippen molar-refractivity contribution in [2.45, 2.75) is 0 Å². The Labute approximate surface area is 163 Å². The minimum absolute atomic E-state index is 0.0551. The summed E-state index contributed by atoms with van der Waals surface area (Å²) in [6.45, 7) is 0. The number of benzene rings is 2. The summed E-state index contributed by atoms with van der Waals surface area (Å²) < 4.78 is 1.62. The zero-order valence-electron chi connectivity index (χ0n) is 13.6. The Bertz CT molecular complexity index is 1190. The molecule has 9 heteroatoms. The third kappa shape index (κ3) is 2.87. The highest BCUT2D eigenvalue weighted by atomic mass is 35.5. The van der Waals surface area contributed by atoms with Gasteiger partial charge in [0.15, 0.2) is 5.65 Å². The van der Waals surface area contributed by atoms with Crippen molar-refractivity contribution in [3.63, 3.8) is 0 Å². The van der Waals surface area contributed by atoms with E-state index < -0.39 is 4.92 Å². The van der Waals surface area contributed by atoms with Crippen molar-refractivity contribution in [2.75, 3.05) is 5.73 Å². The minimum Gasteiger partial charge on any atom is -0.383 e. The van der Waals surface area contributed by atoms with E-state index in [1.165, 1.54) is 18.5 Å². The number of nitrogens with two attached hydrogens (primary N) is 1. The Kier molecular flexibility index (Phi) is 4.18. The molecule has 27 heavy (non-hydrogen) atoms. The van der Waals surface area contributed by atoms with Gasteiger partial charge in [0.1, 0.15) is 17.3 Å². The molecule has 0 bridgehead atoms. The van der Waals surface area contributed by atoms with Gasteiger partial charge in [0, 0.05) is 22.7 Å². The second-order valence-electron chi connectivity index (χ2n) is 5.74. The molecule has 0 radical (unpaired) electrons. The van der Waals surface area contributed by atoms with Crippen LogP contribution in [0.4, 0.5) is 11.5 Å². The lowest BCUT2D eigenvalue weighted by molar-refractivity contribution is -0.384. The van der Waals surface area contributed by atoms with Crippen LogP contribution in [0.2, 0.25) is 10.2 Å². The fourth-order valence-corrected chi connectivity index (χ4v) is 3.48. The molecule has 4 aromatic rings. The largest absolute Gasteiger partial charge is 0.383 e. The van der Waals surface area contributed by atoms with Gasteiger partial charge in [0.05, 0.1) is 16.0 Å². The highest BCUT2D eigenvalue weighted by molar-refractivity contribution is 6.35. The molecule has 7 nitrogen and oxygen atoms in total. The van der Waals surface area contributed by atoms with Crippen LogP contribution >= 0.6 is 23.2 Å². The fraction of sp³-hybridized carbons (Fsp3) is 0. The molecule has 0 spiro atoms. The first kappa shape index (κ1) is 17.3. The Hall–Kier alpha value is -3.16. The molecular formula is C18H11Cl2N5O2. The lowest BCUT2D eigenvalue weighted by atomic mass is 10.1. The van der Waals surface area contributed by atoms with Crippen molar-refractivity contribution in [3.05, 3.63) is 75.1 Å². The summed E-state index contributed by atoms with van der Waals surface area (Å²) in [5.74, 6) is 0.260. The van der Waals surface area contributed by atoms with E-state index >= 15 is 0 Å². The molecule has 0 aliphatic heterocycles. The highest BCUT2D eigenvalue weighted by Gasteiger charge is 2.22. The SMILES string of the molecule is Nc1ncnc2c1c(-c1ccc(Cl)cc1)c(Cl)n2-c1cccc([N+](=O)[O-])c1. The number of hydrogen-bond acceptors (Lipinski definition) is 5. The van der Waals surface area contributed by atoms with Crippen LogP contribution in [0.5, 0.6) is 0 Å². The normalized spacial score (nSPS) is 11.0. The summed E-state index contributed by atoms with van der Waals surface area (Å²) in [7, 11) is 0. The number of halogens is 2. The molecule has 0 amide bonds. The van der Waals surface area contributed by atoms with E-state index in [0.717, 1.165) is 5.56 Å². The van der Waals surface area contributed by atoms with Crippen LogP contribution in [-0.2, 0) is 0 Å². The average Bonchev–Trinajstić information content (AvgIpc) is 2.96. The van der Waals surface area contributed by atoms with Crippen molar-refractivity contribution in [2.24, 2.45) is 0 Å². The first-order valence-corrected chi connectivity index (χ1v) is 8.54. The molecule has 0 unspecified atom stereocenters. The van der Waals surface area contributed by atoms with Gasteiger partial charge < -0.3 is 5.73 Å². The number of hydrogen-bond donors (Lipinski definition) is 1. The quantitative estimate of drug-likeness (QED) is 0.390. The molecule has 2 N–H and O–H groups in total. The number of nitro groups is 1. The molecule has 134 valence electrons. The first-order chi connectivity index (χ1) is 13.0. The number of nitrogen functional groups attached to an aromatic ring is 1. The van der Waals surface area contributed by atoms with Crippen LogP contribution < -0.4 is 5.73 Å². The van der Waals surface area contributed by atoms with Crippen LogP contribution in [0.25, 0.3) is 27.8 Å². The monoisotopic (exact) mass is 399 g/mol. The topological polar surface area (TPSA) is 99.9 Å². The summed E-state index contributed by atoms with van der Waals surface area (Å²) in [6, 6.07) is 13.2. The maximum absolute atomic E-state index is 11.2. The maximum atomic E-state index is 11.2. The molecule has 0 fully saturated rings. The van der Waals surface area contributed by atoms with Gasteiger partial charge in [-0.3, -0.25) is 14.7 Å². The van der Waals surface area contributed by atoms with Gasteiger partial charge in [-0.2, -0.15) is 0 Å². The van der Waals surface area contributed by atoms with Crippen LogP contribution in [0.3, 0.4) is 0 Å². The lowest BCUT2D eigenvalue weighted by Gasteiger charge is -2.07. The molecule has 0 aliphatic rings. The van der Waals surface area contributed by atoms with E-state index in [-0.39, 0.29) is 11.5 Å². The second kappa shape index (κ2) is 6.53. The third-order valence-corrected chi connectivity index (χ3v) is 4.76. The molecule has 0 atom stereocenters.